The summed E-state index contributed by atoms with van der Waals surface area (Å²) in [6.07, 6.45) is 6.08. The van der Waals surface area contributed by atoms with E-state index in [9.17, 15) is 0 Å². The molecule has 18 heavy (non-hydrogen) atoms. The molecule has 3 rings (SSSR count). The fourth-order valence-electron chi connectivity index (χ4n) is 2.45. The molecule has 2 fully saturated rings. The molecule has 1 aromatic rings. The van der Waals surface area contributed by atoms with Crippen LogP contribution in [0.4, 0.5) is 0 Å². The van der Waals surface area contributed by atoms with Gasteiger partial charge in [0.1, 0.15) is 0 Å². The Morgan fingerprint density at radius 3 is 2.94 bits per heavy atom. The Morgan fingerprint density at radius 2 is 2.28 bits per heavy atom. The molecular formula is C14H22N2OS. The second-order valence-corrected chi connectivity index (χ2v) is 6.59. The molecule has 2 aliphatic rings. The summed E-state index contributed by atoms with van der Waals surface area (Å²) in [6, 6.07) is 0.781. The van der Waals surface area contributed by atoms with Crippen molar-refractivity contribution in [2.75, 3.05) is 13.2 Å². The van der Waals surface area contributed by atoms with E-state index >= 15 is 0 Å². The number of nitrogens with one attached hydrogen (secondary N) is 1. The van der Waals surface area contributed by atoms with Crippen molar-refractivity contribution in [3.8, 4) is 0 Å². The average Bonchev–Trinajstić information content (AvgIpc) is 2.91. The maximum atomic E-state index is 5.44. The van der Waals surface area contributed by atoms with E-state index in [0.717, 1.165) is 38.6 Å². The first-order chi connectivity index (χ1) is 8.85. The first-order valence-electron chi connectivity index (χ1n) is 7.13. The van der Waals surface area contributed by atoms with Crippen LogP contribution >= 0.6 is 11.3 Å². The lowest BCUT2D eigenvalue weighted by Gasteiger charge is -2.02. The van der Waals surface area contributed by atoms with Crippen LogP contribution in [0.5, 0.6) is 0 Å². The Labute approximate surface area is 113 Å². The molecule has 0 spiro atoms. The van der Waals surface area contributed by atoms with Gasteiger partial charge in [-0.25, -0.2) is 4.98 Å². The highest BCUT2D eigenvalue weighted by Crippen LogP contribution is 2.26. The minimum atomic E-state index is 0.699. The second-order valence-electron chi connectivity index (χ2n) is 5.42. The van der Waals surface area contributed by atoms with Crippen LogP contribution in [-0.4, -0.2) is 24.2 Å². The van der Waals surface area contributed by atoms with Gasteiger partial charge in [0.25, 0.3) is 0 Å². The second kappa shape index (κ2) is 5.68. The number of nitrogens with zero attached hydrogens (tertiary/aromatic N) is 1. The van der Waals surface area contributed by atoms with E-state index in [1.54, 1.807) is 0 Å². The van der Waals surface area contributed by atoms with Crippen molar-refractivity contribution in [1.82, 2.24) is 10.3 Å². The molecule has 100 valence electrons. The van der Waals surface area contributed by atoms with Gasteiger partial charge in [0.2, 0.25) is 0 Å². The molecule has 1 N–H and O–H groups in total. The molecule has 1 aliphatic heterocycles. The lowest BCUT2D eigenvalue weighted by Crippen LogP contribution is -2.15. The lowest BCUT2D eigenvalue weighted by molar-refractivity contribution is 0.186. The molecule has 1 aliphatic carbocycles. The fourth-order valence-corrected chi connectivity index (χ4v) is 3.68. The molecule has 1 saturated heterocycles. The highest BCUT2D eigenvalue weighted by Gasteiger charge is 2.22. The van der Waals surface area contributed by atoms with E-state index in [1.807, 2.05) is 11.3 Å². The number of hydrogen-bond donors (Lipinski definition) is 1. The summed E-state index contributed by atoms with van der Waals surface area (Å²) in [5.41, 5.74) is 1.31. The van der Waals surface area contributed by atoms with Gasteiger partial charge < -0.3 is 10.1 Å². The van der Waals surface area contributed by atoms with Gasteiger partial charge in [-0.2, -0.15) is 0 Å². The Bertz CT molecular complexity index is 394. The molecule has 1 aromatic heterocycles. The summed E-state index contributed by atoms with van der Waals surface area (Å²) in [4.78, 5) is 6.27. The average molecular weight is 266 g/mol. The van der Waals surface area contributed by atoms with Crippen molar-refractivity contribution in [1.29, 1.82) is 0 Å². The zero-order valence-corrected chi connectivity index (χ0v) is 11.9. The Kier molecular flexibility index (Phi) is 3.97. The number of aryl methyl sites for hydroxylation is 1. The molecule has 2 heterocycles. The predicted molar refractivity (Wildman–Crippen MR) is 74.0 cm³/mol. The largest absolute Gasteiger partial charge is 0.381 e. The summed E-state index contributed by atoms with van der Waals surface area (Å²) in [5.74, 6) is 0.699. The smallest absolute Gasteiger partial charge is 0.0935 e. The molecule has 0 radical (unpaired) electrons. The summed E-state index contributed by atoms with van der Waals surface area (Å²) >= 11 is 1.91. The van der Waals surface area contributed by atoms with Gasteiger partial charge in [0, 0.05) is 37.1 Å². The SMILES string of the molecule is CCc1nc(CC2CCOC2)sc1CNC1CC1. The van der Waals surface area contributed by atoms with E-state index in [1.165, 1.54) is 34.8 Å². The molecule has 3 nitrogen and oxygen atoms in total. The molecule has 1 atom stereocenters. The Morgan fingerprint density at radius 1 is 1.39 bits per heavy atom. The first-order valence-corrected chi connectivity index (χ1v) is 7.95. The fraction of sp³-hybridized carbons (Fsp3) is 0.786. The molecule has 0 bridgehead atoms. The van der Waals surface area contributed by atoms with Crippen molar-refractivity contribution >= 4 is 11.3 Å². The van der Waals surface area contributed by atoms with Gasteiger partial charge in [-0.15, -0.1) is 11.3 Å². The van der Waals surface area contributed by atoms with Gasteiger partial charge in [0.05, 0.1) is 10.7 Å². The van der Waals surface area contributed by atoms with E-state index in [2.05, 4.69) is 12.2 Å². The van der Waals surface area contributed by atoms with Crippen LogP contribution in [0.3, 0.4) is 0 Å². The maximum absolute atomic E-state index is 5.44. The minimum Gasteiger partial charge on any atom is -0.381 e. The molecule has 4 heteroatoms. The Balaban J connectivity index is 1.62. The number of thiazole rings is 1. The van der Waals surface area contributed by atoms with E-state index in [-0.39, 0.29) is 0 Å². The zero-order valence-electron chi connectivity index (χ0n) is 11.1. The monoisotopic (exact) mass is 266 g/mol. The van der Waals surface area contributed by atoms with Crippen LogP contribution < -0.4 is 5.32 Å². The molecule has 1 saturated carbocycles. The van der Waals surface area contributed by atoms with Crippen molar-refractivity contribution in [2.24, 2.45) is 5.92 Å². The van der Waals surface area contributed by atoms with Crippen molar-refractivity contribution in [3.05, 3.63) is 15.6 Å². The summed E-state index contributed by atoms with van der Waals surface area (Å²) in [6.45, 7) is 5.09. The zero-order chi connectivity index (χ0) is 12.4. The molecular weight excluding hydrogens is 244 g/mol. The van der Waals surface area contributed by atoms with Gasteiger partial charge in [-0.3, -0.25) is 0 Å². The quantitative estimate of drug-likeness (QED) is 0.859. The van der Waals surface area contributed by atoms with E-state index < -0.39 is 0 Å². The Hall–Kier alpha value is -0.450. The lowest BCUT2D eigenvalue weighted by atomic mass is 10.1. The highest BCUT2D eigenvalue weighted by atomic mass is 32.1. The van der Waals surface area contributed by atoms with Gasteiger partial charge in [-0.05, 0) is 31.6 Å². The normalized spacial score (nSPS) is 23.7. The molecule has 1 unspecified atom stereocenters. The standard InChI is InChI=1S/C14H22N2OS/c1-2-12-13(8-15-11-3-4-11)18-14(16-12)7-10-5-6-17-9-10/h10-11,15H,2-9H2,1H3. The summed E-state index contributed by atoms with van der Waals surface area (Å²) in [7, 11) is 0. The van der Waals surface area contributed by atoms with Crippen LogP contribution in [0.1, 0.15) is 41.8 Å². The number of rotatable bonds is 6. The van der Waals surface area contributed by atoms with Crippen LogP contribution in [0.15, 0.2) is 0 Å². The van der Waals surface area contributed by atoms with Gasteiger partial charge in [-0.1, -0.05) is 6.92 Å². The predicted octanol–water partition coefficient (Wildman–Crippen LogP) is 2.54. The third-order valence-electron chi connectivity index (χ3n) is 3.77. The number of ether oxygens (including phenoxy) is 1. The molecule has 0 aromatic carbocycles. The van der Waals surface area contributed by atoms with Crippen LogP contribution in [-0.2, 0) is 24.1 Å². The van der Waals surface area contributed by atoms with Crippen molar-refractivity contribution in [2.45, 2.75) is 51.6 Å². The highest BCUT2D eigenvalue weighted by molar-refractivity contribution is 7.11. The van der Waals surface area contributed by atoms with Crippen LogP contribution in [0.2, 0.25) is 0 Å². The van der Waals surface area contributed by atoms with Crippen molar-refractivity contribution < 1.29 is 4.74 Å². The van der Waals surface area contributed by atoms with Crippen LogP contribution in [0.25, 0.3) is 0 Å². The van der Waals surface area contributed by atoms with Gasteiger partial charge in [0.15, 0.2) is 0 Å². The van der Waals surface area contributed by atoms with Crippen LogP contribution in [0, 0.1) is 5.92 Å². The van der Waals surface area contributed by atoms with E-state index in [0.29, 0.717) is 5.92 Å². The minimum absolute atomic E-state index is 0.699. The topological polar surface area (TPSA) is 34.1 Å². The van der Waals surface area contributed by atoms with E-state index in [4.69, 9.17) is 9.72 Å². The first kappa shape index (κ1) is 12.6. The van der Waals surface area contributed by atoms with Gasteiger partial charge >= 0.3 is 0 Å². The third-order valence-corrected chi connectivity index (χ3v) is 4.89. The summed E-state index contributed by atoms with van der Waals surface area (Å²) in [5, 5.41) is 4.92. The third kappa shape index (κ3) is 3.11. The van der Waals surface area contributed by atoms with Crippen molar-refractivity contribution in [3.63, 3.8) is 0 Å². The maximum Gasteiger partial charge on any atom is 0.0935 e. The molecule has 0 amide bonds. The number of hydrogen-bond acceptors (Lipinski definition) is 4. The summed E-state index contributed by atoms with van der Waals surface area (Å²) < 4.78 is 5.44. The number of aromatic nitrogens is 1.